The lowest BCUT2D eigenvalue weighted by molar-refractivity contribution is -0.128. The predicted molar refractivity (Wildman–Crippen MR) is 107 cm³/mol. The van der Waals surface area contributed by atoms with Crippen molar-refractivity contribution in [2.75, 3.05) is 44.3 Å². The molecular formula is C18H23Cl2N5O2. The normalized spacial score (nSPS) is 18.3. The van der Waals surface area contributed by atoms with E-state index in [1.165, 1.54) is 0 Å². The van der Waals surface area contributed by atoms with E-state index in [-0.39, 0.29) is 11.8 Å². The Morgan fingerprint density at radius 1 is 1.11 bits per heavy atom. The van der Waals surface area contributed by atoms with Gasteiger partial charge in [-0.1, -0.05) is 23.2 Å². The third-order valence-corrected chi connectivity index (χ3v) is 5.43. The summed E-state index contributed by atoms with van der Waals surface area (Å²) in [7, 11) is 0. The lowest BCUT2D eigenvalue weighted by atomic mass is 10.3. The number of carbonyl (C=O) groups excluding carboxylic acids is 2. The Morgan fingerprint density at radius 2 is 1.93 bits per heavy atom. The zero-order valence-electron chi connectivity index (χ0n) is 15.3. The van der Waals surface area contributed by atoms with Gasteiger partial charge in [0.2, 0.25) is 11.8 Å². The van der Waals surface area contributed by atoms with Crippen molar-refractivity contribution in [1.82, 2.24) is 15.1 Å². The minimum Gasteiger partial charge on any atom is -0.342 e. The average Bonchev–Trinajstić information content (AvgIpc) is 2.94. The number of hydrazone groups is 1. The van der Waals surface area contributed by atoms with Gasteiger partial charge >= 0.3 is 0 Å². The molecule has 1 fully saturated rings. The van der Waals surface area contributed by atoms with Crippen molar-refractivity contribution in [2.45, 2.75) is 19.8 Å². The van der Waals surface area contributed by atoms with E-state index in [4.69, 9.17) is 23.2 Å². The molecular weight excluding hydrogens is 389 g/mol. The topological polar surface area (TPSA) is 68.2 Å². The summed E-state index contributed by atoms with van der Waals surface area (Å²) in [5.74, 6) is 0.649. The van der Waals surface area contributed by atoms with Gasteiger partial charge in [0.1, 0.15) is 5.84 Å². The first-order valence-corrected chi connectivity index (χ1v) is 9.76. The molecule has 2 aliphatic rings. The van der Waals surface area contributed by atoms with E-state index in [0.717, 1.165) is 25.2 Å². The molecule has 2 heterocycles. The first-order chi connectivity index (χ1) is 12.9. The van der Waals surface area contributed by atoms with Gasteiger partial charge in [-0.15, -0.1) is 0 Å². The molecule has 27 heavy (non-hydrogen) atoms. The van der Waals surface area contributed by atoms with Crippen LogP contribution in [0.5, 0.6) is 0 Å². The number of anilines is 1. The van der Waals surface area contributed by atoms with Gasteiger partial charge in [-0.3, -0.25) is 19.5 Å². The lowest BCUT2D eigenvalue weighted by Gasteiger charge is -2.20. The number of benzene rings is 1. The van der Waals surface area contributed by atoms with E-state index in [9.17, 15) is 9.59 Å². The van der Waals surface area contributed by atoms with Crippen molar-refractivity contribution in [1.29, 1.82) is 0 Å². The first kappa shape index (κ1) is 19.9. The summed E-state index contributed by atoms with van der Waals surface area (Å²) in [6.45, 7) is 5.48. The SMILES string of the molecule is CC(=O)N1CCCN(CC(=O)NC2=NN(c3ccc(Cl)c(Cl)c3)CC2)CC1. The molecule has 2 amide bonds. The Bertz CT molecular complexity index is 755. The number of amidine groups is 1. The highest BCUT2D eigenvalue weighted by Gasteiger charge is 2.21. The molecule has 1 saturated heterocycles. The van der Waals surface area contributed by atoms with Crippen LogP contribution in [0.1, 0.15) is 19.8 Å². The highest BCUT2D eigenvalue weighted by molar-refractivity contribution is 6.42. The van der Waals surface area contributed by atoms with Crippen molar-refractivity contribution in [3.8, 4) is 0 Å². The number of carbonyl (C=O) groups is 2. The summed E-state index contributed by atoms with van der Waals surface area (Å²) in [6.07, 6.45) is 1.53. The molecule has 0 atom stereocenters. The first-order valence-electron chi connectivity index (χ1n) is 9.00. The van der Waals surface area contributed by atoms with E-state index in [1.807, 2.05) is 11.0 Å². The highest BCUT2D eigenvalue weighted by atomic mass is 35.5. The molecule has 2 aliphatic heterocycles. The van der Waals surface area contributed by atoms with Crippen LogP contribution in [-0.2, 0) is 9.59 Å². The Morgan fingerprint density at radius 3 is 2.67 bits per heavy atom. The number of amides is 2. The van der Waals surface area contributed by atoms with Crippen molar-refractivity contribution >= 4 is 46.5 Å². The fourth-order valence-corrected chi connectivity index (χ4v) is 3.52. The number of nitrogens with zero attached hydrogens (tertiary/aromatic N) is 4. The van der Waals surface area contributed by atoms with Gasteiger partial charge in [-0.2, -0.15) is 5.10 Å². The Hall–Kier alpha value is -1.83. The maximum atomic E-state index is 12.4. The van der Waals surface area contributed by atoms with Gasteiger partial charge < -0.3 is 10.2 Å². The molecule has 0 saturated carbocycles. The van der Waals surface area contributed by atoms with Crippen LogP contribution in [0.3, 0.4) is 0 Å². The van der Waals surface area contributed by atoms with Crippen molar-refractivity contribution in [3.05, 3.63) is 28.2 Å². The zero-order chi connectivity index (χ0) is 19.4. The summed E-state index contributed by atoms with van der Waals surface area (Å²) in [5, 5.41) is 10.1. The summed E-state index contributed by atoms with van der Waals surface area (Å²) >= 11 is 12.0. The van der Waals surface area contributed by atoms with Gasteiger partial charge in [0.25, 0.3) is 0 Å². The van der Waals surface area contributed by atoms with Crippen LogP contribution in [0.15, 0.2) is 23.3 Å². The summed E-state index contributed by atoms with van der Waals surface area (Å²) in [5.41, 5.74) is 0.838. The summed E-state index contributed by atoms with van der Waals surface area (Å²) in [4.78, 5) is 27.8. The van der Waals surface area contributed by atoms with Crippen molar-refractivity contribution < 1.29 is 9.59 Å². The number of hydrogen-bond acceptors (Lipinski definition) is 5. The third kappa shape index (κ3) is 5.34. The molecule has 3 rings (SSSR count). The van der Waals surface area contributed by atoms with Gasteiger partial charge in [-0.05, 0) is 24.6 Å². The maximum absolute atomic E-state index is 12.4. The van der Waals surface area contributed by atoms with Gasteiger partial charge in [0.05, 0.1) is 22.3 Å². The number of nitrogens with one attached hydrogen (secondary N) is 1. The van der Waals surface area contributed by atoms with Crippen LogP contribution < -0.4 is 10.3 Å². The van der Waals surface area contributed by atoms with E-state index in [2.05, 4.69) is 15.3 Å². The van der Waals surface area contributed by atoms with Gasteiger partial charge in [0, 0.05) is 46.1 Å². The molecule has 0 radical (unpaired) electrons. The molecule has 9 heteroatoms. The van der Waals surface area contributed by atoms with E-state index in [0.29, 0.717) is 48.5 Å². The fourth-order valence-electron chi connectivity index (χ4n) is 3.22. The zero-order valence-corrected chi connectivity index (χ0v) is 16.8. The number of rotatable bonds is 3. The quantitative estimate of drug-likeness (QED) is 0.827. The standard InChI is InChI=1S/C18H23Cl2N5O2/c1-13(26)24-7-2-6-23(9-10-24)12-18(27)21-17-5-8-25(22-17)14-3-4-15(19)16(20)11-14/h3-4,11H,2,5-10,12H2,1H3,(H,21,22,27). The number of hydrogen-bond donors (Lipinski definition) is 1. The van der Waals surface area contributed by atoms with Crippen LogP contribution in [0.2, 0.25) is 10.0 Å². The van der Waals surface area contributed by atoms with E-state index >= 15 is 0 Å². The van der Waals surface area contributed by atoms with Crippen molar-refractivity contribution in [2.24, 2.45) is 5.10 Å². The minimum absolute atomic E-state index is 0.0824. The average molecular weight is 412 g/mol. The largest absolute Gasteiger partial charge is 0.342 e. The molecule has 0 bridgehead atoms. The Kier molecular flexibility index (Phi) is 6.57. The molecule has 7 nitrogen and oxygen atoms in total. The molecule has 1 aromatic rings. The molecule has 0 spiro atoms. The molecule has 0 aromatic heterocycles. The van der Waals surface area contributed by atoms with Gasteiger partial charge in [-0.25, -0.2) is 0 Å². The molecule has 1 aromatic carbocycles. The second-order valence-corrected chi connectivity index (χ2v) is 7.52. The summed E-state index contributed by atoms with van der Waals surface area (Å²) < 4.78 is 0. The van der Waals surface area contributed by atoms with E-state index < -0.39 is 0 Å². The van der Waals surface area contributed by atoms with Crippen LogP contribution in [0.4, 0.5) is 5.69 Å². The van der Waals surface area contributed by atoms with Crippen LogP contribution in [0, 0.1) is 0 Å². The molecule has 0 unspecified atom stereocenters. The predicted octanol–water partition coefficient (Wildman–Crippen LogP) is 2.19. The monoisotopic (exact) mass is 411 g/mol. The Labute approximate surface area is 168 Å². The van der Waals surface area contributed by atoms with Crippen LogP contribution >= 0.6 is 23.2 Å². The van der Waals surface area contributed by atoms with E-state index in [1.54, 1.807) is 24.1 Å². The van der Waals surface area contributed by atoms with Crippen LogP contribution in [0.25, 0.3) is 0 Å². The molecule has 1 N–H and O–H groups in total. The molecule has 0 aliphatic carbocycles. The Balaban J connectivity index is 1.52. The summed E-state index contributed by atoms with van der Waals surface area (Å²) in [6, 6.07) is 5.34. The smallest absolute Gasteiger partial charge is 0.239 e. The molecule has 146 valence electrons. The second kappa shape index (κ2) is 8.91. The minimum atomic E-state index is -0.0824. The van der Waals surface area contributed by atoms with Crippen LogP contribution in [-0.4, -0.2) is 66.7 Å². The highest BCUT2D eigenvalue weighted by Crippen LogP contribution is 2.28. The van der Waals surface area contributed by atoms with Crippen molar-refractivity contribution in [3.63, 3.8) is 0 Å². The number of halogens is 2. The second-order valence-electron chi connectivity index (χ2n) is 6.70. The third-order valence-electron chi connectivity index (χ3n) is 4.69. The lowest BCUT2D eigenvalue weighted by Crippen LogP contribution is -2.41. The van der Waals surface area contributed by atoms with Gasteiger partial charge in [0.15, 0.2) is 0 Å². The fraction of sp³-hybridized carbons (Fsp3) is 0.500. The maximum Gasteiger partial charge on any atom is 0.239 e.